The Morgan fingerprint density at radius 3 is 2.42 bits per heavy atom. The van der Waals surface area contributed by atoms with Crippen LogP contribution in [0.2, 0.25) is 0 Å². The molecule has 0 aliphatic carbocycles. The van der Waals surface area contributed by atoms with Gasteiger partial charge in [0.1, 0.15) is 0 Å². The molecule has 0 heterocycles. The highest BCUT2D eigenvalue weighted by Gasteiger charge is 2.14. The zero-order chi connectivity index (χ0) is 13.5. The van der Waals surface area contributed by atoms with Crippen molar-refractivity contribution < 1.29 is 0 Å². The molecule has 1 heteroatoms. The number of hydrogen-bond donors (Lipinski definition) is 1. The van der Waals surface area contributed by atoms with E-state index in [0.717, 1.165) is 13.0 Å². The van der Waals surface area contributed by atoms with E-state index in [1.807, 2.05) is 6.08 Å². The van der Waals surface area contributed by atoms with Gasteiger partial charge in [-0.25, -0.2) is 0 Å². The van der Waals surface area contributed by atoms with Crippen molar-refractivity contribution >= 4 is 0 Å². The van der Waals surface area contributed by atoms with E-state index in [1.165, 1.54) is 16.7 Å². The molecule has 0 aliphatic heterocycles. The molecule has 2 aromatic carbocycles. The summed E-state index contributed by atoms with van der Waals surface area (Å²) in [5.74, 6) is 0. The van der Waals surface area contributed by atoms with Crippen molar-refractivity contribution in [3.05, 3.63) is 83.9 Å². The predicted octanol–water partition coefficient (Wildman–Crippen LogP) is 4.25. The first-order valence-electron chi connectivity index (χ1n) is 6.77. The van der Waals surface area contributed by atoms with E-state index in [9.17, 15) is 0 Å². The second kappa shape index (κ2) is 6.91. The molecule has 0 aliphatic rings. The Morgan fingerprint density at radius 2 is 1.74 bits per heavy atom. The summed E-state index contributed by atoms with van der Waals surface area (Å²) in [6.07, 6.45) is 2.93. The molecule has 0 spiro atoms. The van der Waals surface area contributed by atoms with Gasteiger partial charge >= 0.3 is 0 Å². The molecule has 0 saturated heterocycles. The second-order valence-corrected chi connectivity index (χ2v) is 4.73. The Labute approximate surface area is 116 Å². The third-order valence-corrected chi connectivity index (χ3v) is 3.33. The third kappa shape index (κ3) is 3.55. The van der Waals surface area contributed by atoms with Crippen LogP contribution in [0.3, 0.4) is 0 Å². The number of hydrogen-bond acceptors (Lipinski definition) is 1. The quantitative estimate of drug-likeness (QED) is 0.598. The standard InChI is InChI=1S/C18H21N/c1-3-4-14-19-18(16-11-6-5-7-12-16)17-13-9-8-10-15(17)2/h3,5-13,18-19H,1,4,14H2,2H3. The van der Waals surface area contributed by atoms with Crippen LogP contribution in [0.25, 0.3) is 0 Å². The molecule has 0 saturated carbocycles. The van der Waals surface area contributed by atoms with Crippen LogP contribution in [-0.4, -0.2) is 6.54 Å². The van der Waals surface area contributed by atoms with Crippen molar-refractivity contribution in [2.75, 3.05) is 6.54 Å². The summed E-state index contributed by atoms with van der Waals surface area (Å²) in [6.45, 7) is 6.89. The van der Waals surface area contributed by atoms with Gasteiger partial charge in [-0.2, -0.15) is 0 Å². The fraction of sp³-hybridized carbons (Fsp3) is 0.222. The van der Waals surface area contributed by atoms with E-state index < -0.39 is 0 Å². The summed E-state index contributed by atoms with van der Waals surface area (Å²) >= 11 is 0. The third-order valence-electron chi connectivity index (χ3n) is 3.33. The van der Waals surface area contributed by atoms with Crippen molar-refractivity contribution in [3.63, 3.8) is 0 Å². The lowest BCUT2D eigenvalue weighted by Crippen LogP contribution is -2.23. The van der Waals surface area contributed by atoms with Gasteiger partial charge in [0.2, 0.25) is 0 Å². The zero-order valence-corrected chi connectivity index (χ0v) is 11.5. The highest BCUT2D eigenvalue weighted by Crippen LogP contribution is 2.24. The highest BCUT2D eigenvalue weighted by atomic mass is 14.9. The maximum Gasteiger partial charge on any atom is 0.0579 e. The normalized spacial score (nSPS) is 12.1. The lowest BCUT2D eigenvalue weighted by molar-refractivity contribution is 0.608. The first kappa shape index (κ1) is 13.6. The summed E-state index contributed by atoms with van der Waals surface area (Å²) in [7, 11) is 0. The van der Waals surface area contributed by atoms with E-state index in [4.69, 9.17) is 0 Å². The van der Waals surface area contributed by atoms with Gasteiger partial charge in [-0.15, -0.1) is 6.58 Å². The largest absolute Gasteiger partial charge is 0.306 e. The van der Waals surface area contributed by atoms with Crippen LogP contribution < -0.4 is 5.32 Å². The second-order valence-electron chi connectivity index (χ2n) is 4.73. The van der Waals surface area contributed by atoms with Crippen molar-refractivity contribution in [3.8, 4) is 0 Å². The van der Waals surface area contributed by atoms with E-state index >= 15 is 0 Å². The smallest absolute Gasteiger partial charge is 0.0579 e. The molecule has 2 rings (SSSR count). The maximum atomic E-state index is 3.78. The summed E-state index contributed by atoms with van der Waals surface area (Å²) < 4.78 is 0. The van der Waals surface area contributed by atoms with Gasteiger partial charge in [-0.05, 0) is 36.6 Å². The number of aryl methyl sites for hydroxylation is 1. The molecule has 19 heavy (non-hydrogen) atoms. The minimum atomic E-state index is 0.252. The first-order valence-corrected chi connectivity index (χ1v) is 6.77. The van der Waals surface area contributed by atoms with E-state index in [-0.39, 0.29) is 6.04 Å². The van der Waals surface area contributed by atoms with Gasteiger partial charge in [0.05, 0.1) is 6.04 Å². The molecule has 2 aromatic rings. The Balaban J connectivity index is 2.29. The Bertz CT molecular complexity index is 516. The molecule has 0 aromatic heterocycles. The topological polar surface area (TPSA) is 12.0 Å². The van der Waals surface area contributed by atoms with E-state index in [0.29, 0.717) is 0 Å². The summed E-state index contributed by atoms with van der Waals surface area (Å²) in [5, 5.41) is 3.62. The highest BCUT2D eigenvalue weighted by molar-refractivity contribution is 5.36. The molecule has 98 valence electrons. The van der Waals surface area contributed by atoms with Crippen molar-refractivity contribution in [1.29, 1.82) is 0 Å². The fourth-order valence-corrected chi connectivity index (χ4v) is 2.29. The van der Waals surface area contributed by atoms with Crippen LogP contribution in [-0.2, 0) is 0 Å². The fourth-order valence-electron chi connectivity index (χ4n) is 2.29. The maximum absolute atomic E-state index is 3.78. The average molecular weight is 251 g/mol. The summed E-state index contributed by atoms with van der Waals surface area (Å²) in [5.41, 5.74) is 3.97. The SMILES string of the molecule is C=CCCNC(c1ccccc1)c1ccccc1C. The van der Waals surface area contributed by atoms with Gasteiger partial charge in [0.15, 0.2) is 0 Å². The number of rotatable bonds is 6. The lowest BCUT2D eigenvalue weighted by atomic mass is 9.95. The molecule has 1 nitrogen and oxygen atoms in total. The zero-order valence-electron chi connectivity index (χ0n) is 11.5. The molecular weight excluding hydrogens is 230 g/mol. The Kier molecular flexibility index (Phi) is 4.93. The molecule has 0 radical (unpaired) electrons. The molecule has 0 fully saturated rings. The average Bonchev–Trinajstić information content (AvgIpc) is 2.46. The van der Waals surface area contributed by atoms with Crippen LogP contribution in [0, 0.1) is 6.92 Å². The molecule has 1 N–H and O–H groups in total. The van der Waals surface area contributed by atoms with Gasteiger partial charge in [-0.3, -0.25) is 0 Å². The monoisotopic (exact) mass is 251 g/mol. The minimum absolute atomic E-state index is 0.252. The van der Waals surface area contributed by atoms with Crippen molar-refractivity contribution in [1.82, 2.24) is 5.32 Å². The lowest BCUT2D eigenvalue weighted by Gasteiger charge is -2.21. The van der Waals surface area contributed by atoms with Gasteiger partial charge in [-0.1, -0.05) is 60.7 Å². The van der Waals surface area contributed by atoms with E-state index in [2.05, 4.69) is 73.4 Å². The van der Waals surface area contributed by atoms with Crippen LogP contribution in [0.1, 0.15) is 29.2 Å². The molecule has 0 bridgehead atoms. The van der Waals surface area contributed by atoms with Gasteiger partial charge in [0, 0.05) is 0 Å². The Morgan fingerprint density at radius 1 is 1.05 bits per heavy atom. The van der Waals surface area contributed by atoms with Crippen LogP contribution in [0.5, 0.6) is 0 Å². The van der Waals surface area contributed by atoms with Crippen LogP contribution in [0.15, 0.2) is 67.3 Å². The van der Waals surface area contributed by atoms with Crippen LogP contribution >= 0.6 is 0 Å². The van der Waals surface area contributed by atoms with E-state index in [1.54, 1.807) is 0 Å². The number of benzene rings is 2. The number of nitrogens with one attached hydrogen (secondary N) is 1. The van der Waals surface area contributed by atoms with Crippen molar-refractivity contribution in [2.45, 2.75) is 19.4 Å². The van der Waals surface area contributed by atoms with Gasteiger partial charge in [0.25, 0.3) is 0 Å². The first-order chi connectivity index (χ1) is 9.33. The van der Waals surface area contributed by atoms with Crippen molar-refractivity contribution in [2.24, 2.45) is 0 Å². The van der Waals surface area contributed by atoms with Gasteiger partial charge < -0.3 is 5.32 Å². The minimum Gasteiger partial charge on any atom is -0.306 e. The summed E-state index contributed by atoms with van der Waals surface area (Å²) in [6, 6.07) is 19.4. The predicted molar refractivity (Wildman–Crippen MR) is 82.3 cm³/mol. The molecule has 1 atom stereocenters. The van der Waals surface area contributed by atoms with Crippen LogP contribution in [0.4, 0.5) is 0 Å². The molecular formula is C18H21N. The molecule has 0 amide bonds. The summed E-state index contributed by atoms with van der Waals surface area (Å²) in [4.78, 5) is 0. The Hall–Kier alpha value is -1.86. The molecule has 1 unspecified atom stereocenters.